The summed E-state index contributed by atoms with van der Waals surface area (Å²) in [5.74, 6) is -0.646. The van der Waals surface area contributed by atoms with Crippen LogP contribution in [0, 0.1) is 5.92 Å². The molecule has 0 radical (unpaired) electrons. The van der Waals surface area contributed by atoms with Crippen molar-refractivity contribution in [3.05, 3.63) is 36.6 Å². The van der Waals surface area contributed by atoms with Crippen LogP contribution in [0.3, 0.4) is 0 Å². The molecule has 0 spiro atoms. The average Bonchev–Trinajstić information content (AvgIpc) is 1.88. The van der Waals surface area contributed by atoms with Gasteiger partial charge in [0.15, 0.2) is 0 Å². The predicted molar refractivity (Wildman–Crippen MR) is 38.2 cm³/mol. The molecule has 0 atom stereocenters. The van der Waals surface area contributed by atoms with E-state index in [9.17, 15) is 0 Å². The minimum Gasteiger partial charge on any atom is -0.481 e. The van der Waals surface area contributed by atoms with E-state index in [1.807, 2.05) is 12.2 Å². The van der Waals surface area contributed by atoms with Gasteiger partial charge in [-0.15, -0.1) is 0 Å². The number of allylic oxidation sites excluding steroid dienone is 3. The smallest absolute Gasteiger partial charge is 0.270 e. The maximum Gasteiger partial charge on any atom is 0.270 e. The van der Waals surface area contributed by atoms with E-state index >= 15 is 0 Å². The third-order valence-electron chi connectivity index (χ3n) is 1.17. The van der Waals surface area contributed by atoms with Crippen LogP contribution in [0.1, 0.15) is 0 Å². The fourth-order valence-electron chi connectivity index (χ4n) is 0.736. The molecule has 1 aliphatic heterocycles. The normalized spacial score (nSPS) is 16.4. The Hall–Kier alpha value is -1.38. The molecule has 0 bridgehead atoms. The number of aliphatic hydroxyl groups excluding tert-OH is 1. The van der Waals surface area contributed by atoms with E-state index in [1.54, 1.807) is 12.4 Å². The second-order valence-corrected chi connectivity index (χ2v) is 1.99. The van der Waals surface area contributed by atoms with Crippen LogP contribution in [0.15, 0.2) is 36.6 Å². The average molecular weight is 139 g/mol. The van der Waals surface area contributed by atoms with Crippen LogP contribution in [0.2, 0.25) is 0 Å². The van der Waals surface area contributed by atoms with Crippen LogP contribution >= 0.6 is 0 Å². The summed E-state index contributed by atoms with van der Waals surface area (Å²) in [6.07, 6.45) is 8.45. The van der Waals surface area contributed by atoms with E-state index in [2.05, 4.69) is 5.32 Å². The van der Waals surface area contributed by atoms with Gasteiger partial charge in [-0.25, -0.2) is 0 Å². The number of rotatable bonds is 1. The van der Waals surface area contributed by atoms with Crippen LogP contribution in [-0.4, -0.2) is 10.2 Å². The first kappa shape index (κ1) is 6.74. The molecule has 1 rings (SSSR count). The van der Waals surface area contributed by atoms with Crippen LogP contribution in [0.4, 0.5) is 0 Å². The first-order chi connectivity index (χ1) is 4.79. The maximum absolute atomic E-state index is 8.43. The minimum atomic E-state index is -0.638. The lowest BCUT2D eigenvalue weighted by molar-refractivity contribution is 0.188. The maximum atomic E-state index is 8.43. The van der Waals surface area contributed by atoms with Gasteiger partial charge in [0, 0.05) is 12.0 Å². The molecule has 0 amide bonds. The van der Waals surface area contributed by atoms with Gasteiger partial charge in [-0.1, -0.05) is 12.2 Å². The monoisotopic (exact) mass is 139 g/mol. The molecule has 0 aromatic carbocycles. The molecular weight excluding hydrogens is 130 g/mol. The van der Waals surface area contributed by atoms with E-state index in [0.717, 1.165) is 0 Å². The van der Waals surface area contributed by atoms with Crippen molar-refractivity contribution in [1.29, 1.82) is 0 Å². The lowest BCUT2D eigenvalue weighted by Gasteiger charge is -2.04. The first-order valence-electron chi connectivity index (χ1n) is 2.98. The van der Waals surface area contributed by atoms with Crippen LogP contribution in [0.5, 0.6) is 0 Å². The van der Waals surface area contributed by atoms with Gasteiger partial charge in [-0.2, -0.15) is 0 Å². The van der Waals surface area contributed by atoms with Crippen molar-refractivity contribution >= 4 is 0 Å². The zero-order valence-electron chi connectivity index (χ0n) is 5.36. The van der Waals surface area contributed by atoms with Crippen molar-refractivity contribution in [3.63, 3.8) is 0 Å². The number of hydrogen-bond donors (Lipinski definition) is 3. The molecule has 1 heterocycles. The van der Waals surface area contributed by atoms with Gasteiger partial charge in [-0.05, 0) is 12.4 Å². The van der Waals surface area contributed by atoms with Crippen molar-refractivity contribution in [2.75, 3.05) is 0 Å². The van der Waals surface area contributed by atoms with E-state index < -0.39 is 5.95 Å². The molecule has 0 saturated carbocycles. The number of dihydropyridines is 1. The molecule has 3 heteroatoms. The number of hydrogen-bond acceptors (Lipinski definition) is 3. The summed E-state index contributed by atoms with van der Waals surface area (Å²) in [4.78, 5) is 0. The topological polar surface area (TPSA) is 52.5 Å². The highest BCUT2D eigenvalue weighted by molar-refractivity contribution is 5.13. The van der Waals surface area contributed by atoms with Crippen molar-refractivity contribution in [2.45, 2.75) is 0 Å². The van der Waals surface area contributed by atoms with E-state index in [1.165, 1.54) is 6.08 Å². The molecule has 54 valence electrons. The Balaban J connectivity index is 2.56. The zero-order chi connectivity index (χ0) is 7.40. The molecule has 0 fully saturated rings. The molecule has 0 saturated heterocycles. The second-order valence-electron chi connectivity index (χ2n) is 1.99. The Bertz CT molecular complexity index is 178. The van der Waals surface area contributed by atoms with Crippen molar-refractivity contribution < 1.29 is 10.2 Å². The standard InChI is InChI=1S/C7H9NO2/c9-7(10)5-6-1-3-8-4-2-6/h1-6,8-10H. The van der Waals surface area contributed by atoms with Crippen molar-refractivity contribution in [3.8, 4) is 0 Å². The quantitative estimate of drug-likeness (QED) is 0.478. The molecule has 0 aliphatic carbocycles. The van der Waals surface area contributed by atoms with Gasteiger partial charge >= 0.3 is 0 Å². The molecule has 0 unspecified atom stereocenters. The Morgan fingerprint density at radius 3 is 2.40 bits per heavy atom. The molecule has 3 N–H and O–H groups in total. The lowest BCUT2D eigenvalue weighted by atomic mass is 10.1. The third kappa shape index (κ3) is 1.85. The summed E-state index contributed by atoms with van der Waals surface area (Å²) in [6, 6.07) is 0. The van der Waals surface area contributed by atoms with Gasteiger partial charge in [-0.3, -0.25) is 0 Å². The summed E-state index contributed by atoms with van der Waals surface area (Å²) in [7, 11) is 0. The van der Waals surface area contributed by atoms with E-state index in [4.69, 9.17) is 10.2 Å². The van der Waals surface area contributed by atoms with Crippen molar-refractivity contribution in [2.24, 2.45) is 5.92 Å². The number of nitrogens with one attached hydrogen (secondary N) is 1. The van der Waals surface area contributed by atoms with Gasteiger partial charge in [0.25, 0.3) is 5.95 Å². The third-order valence-corrected chi connectivity index (χ3v) is 1.17. The fraction of sp³-hybridized carbons (Fsp3) is 0.143. The van der Waals surface area contributed by atoms with Gasteiger partial charge in [0.1, 0.15) is 0 Å². The Kier molecular flexibility index (Phi) is 1.99. The molecule has 0 aromatic heterocycles. The molecule has 0 aromatic rings. The Morgan fingerprint density at radius 1 is 1.30 bits per heavy atom. The lowest BCUT2D eigenvalue weighted by Crippen LogP contribution is -2.02. The molecule has 1 aliphatic rings. The predicted octanol–water partition coefficient (Wildman–Crippen LogP) is 1.19. The number of aliphatic hydroxyl groups is 2. The van der Waals surface area contributed by atoms with Gasteiger partial charge in [0.2, 0.25) is 0 Å². The summed E-state index contributed by atoms with van der Waals surface area (Å²) in [5.41, 5.74) is 0. The first-order valence-corrected chi connectivity index (χ1v) is 2.98. The van der Waals surface area contributed by atoms with Crippen molar-refractivity contribution in [1.82, 2.24) is 5.32 Å². The Labute approximate surface area is 59.0 Å². The highest BCUT2D eigenvalue weighted by atomic mass is 16.5. The van der Waals surface area contributed by atoms with E-state index in [0.29, 0.717) is 0 Å². The SMILES string of the molecule is OC(O)=CC1C=CNC=C1. The summed E-state index contributed by atoms with van der Waals surface area (Å²) in [6.45, 7) is 0. The largest absolute Gasteiger partial charge is 0.481 e. The van der Waals surface area contributed by atoms with Crippen LogP contribution in [-0.2, 0) is 0 Å². The summed E-state index contributed by atoms with van der Waals surface area (Å²) in [5, 5.41) is 19.7. The summed E-state index contributed by atoms with van der Waals surface area (Å²) < 4.78 is 0. The molecule has 10 heavy (non-hydrogen) atoms. The molecule has 3 nitrogen and oxygen atoms in total. The van der Waals surface area contributed by atoms with Crippen LogP contribution in [0.25, 0.3) is 0 Å². The second kappa shape index (κ2) is 2.96. The highest BCUT2D eigenvalue weighted by Crippen LogP contribution is 2.06. The fourth-order valence-corrected chi connectivity index (χ4v) is 0.736. The van der Waals surface area contributed by atoms with Crippen LogP contribution < -0.4 is 5.32 Å². The van der Waals surface area contributed by atoms with Gasteiger partial charge in [0.05, 0.1) is 0 Å². The highest BCUT2D eigenvalue weighted by Gasteiger charge is 1.99. The molecular formula is C7H9NO2. The van der Waals surface area contributed by atoms with E-state index in [-0.39, 0.29) is 5.92 Å². The van der Waals surface area contributed by atoms with Gasteiger partial charge < -0.3 is 15.5 Å². The minimum absolute atomic E-state index is 0.00810. The summed E-state index contributed by atoms with van der Waals surface area (Å²) >= 11 is 0. The zero-order valence-corrected chi connectivity index (χ0v) is 5.36. The Morgan fingerprint density at radius 2 is 1.90 bits per heavy atom.